The largest absolute Gasteiger partial charge is 0.490 e. The molecule has 0 aliphatic carbocycles. The quantitative estimate of drug-likeness (QED) is 0.678. The minimum absolute atomic E-state index is 0.120. The van der Waals surface area contributed by atoms with Crippen LogP contribution in [0.4, 0.5) is 0 Å². The highest BCUT2D eigenvalue weighted by atomic mass is 16.5. The number of rotatable bonds is 9. The summed E-state index contributed by atoms with van der Waals surface area (Å²) >= 11 is 0. The van der Waals surface area contributed by atoms with Crippen molar-refractivity contribution >= 4 is 5.97 Å². The van der Waals surface area contributed by atoms with Gasteiger partial charge in [0.25, 0.3) is 0 Å². The van der Waals surface area contributed by atoms with E-state index in [2.05, 4.69) is 5.32 Å². The Labute approximate surface area is 145 Å². The van der Waals surface area contributed by atoms with Crippen LogP contribution in [0.15, 0.2) is 12.1 Å². The van der Waals surface area contributed by atoms with Crippen molar-refractivity contribution in [1.29, 1.82) is 0 Å². The molecule has 136 valence electrons. The summed E-state index contributed by atoms with van der Waals surface area (Å²) in [5.74, 6) is 0.290. The molecule has 5 nitrogen and oxygen atoms in total. The Morgan fingerprint density at radius 2 is 1.92 bits per heavy atom. The maximum absolute atomic E-state index is 12.4. The van der Waals surface area contributed by atoms with Gasteiger partial charge in [-0.3, -0.25) is 0 Å². The zero-order valence-electron chi connectivity index (χ0n) is 15.7. The summed E-state index contributed by atoms with van der Waals surface area (Å²) < 4.78 is 11.0. The first kappa shape index (κ1) is 20.5. The van der Waals surface area contributed by atoms with E-state index in [4.69, 9.17) is 9.47 Å². The van der Waals surface area contributed by atoms with E-state index in [1.807, 2.05) is 46.8 Å². The molecule has 2 N–H and O–H groups in total. The fourth-order valence-electron chi connectivity index (χ4n) is 2.39. The summed E-state index contributed by atoms with van der Waals surface area (Å²) in [6.07, 6.45) is -0.649. The summed E-state index contributed by atoms with van der Waals surface area (Å²) in [6.45, 7) is 12.6. The molecular formula is C19H31NO4. The summed E-state index contributed by atoms with van der Waals surface area (Å²) in [5.41, 5.74) is 2.21. The van der Waals surface area contributed by atoms with E-state index in [1.54, 1.807) is 6.92 Å². The third-order valence-corrected chi connectivity index (χ3v) is 3.67. The van der Waals surface area contributed by atoms with E-state index in [-0.39, 0.29) is 18.5 Å². The molecule has 24 heavy (non-hydrogen) atoms. The lowest BCUT2D eigenvalue weighted by molar-refractivity contribution is 0.0513. The fourth-order valence-corrected chi connectivity index (χ4v) is 2.39. The molecular weight excluding hydrogens is 306 g/mol. The molecule has 1 aromatic rings. The van der Waals surface area contributed by atoms with E-state index in [9.17, 15) is 9.90 Å². The number of carbonyl (C=O) groups is 1. The summed E-state index contributed by atoms with van der Waals surface area (Å²) in [6, 6.07) is 4.17. The van der Waals surface area contributed by atoms with E-state index in [0.717, 1.165) is 11.1 Å². The normalized spacial score (nSPS) is 12.5. The second-order valence-corrected chi connectivity index (χ2v) is 6.58. The molecule has 0 radical (unpaired) electrons. The van der Waals surface area contributed by atoms with Crippen molar-refractivity contribution in [2.24, 2.45) is 0 Å². The number of benzene rings is 1. The van der Waals surface area contributed by atoms with Gasteiger partial charge in [-0.2, -0.15) is 0 Å². The number of aliphatic hydroxyl groups is 1. The zero-order valence-corrected chi connectivity index (χ0v) is 15.7. The molecule has 0 fully saturated rings. The molecule has 1 atom stereocenters. The maximum atomic E-state index is 12.4. The van der Waals surface area contributed by atoms with Crippen molar-refractivity contribution in [3.05, 3.63) is 28.8 Å². The summed E-state index contributed by atoms with van der Waals surface area (Å²) in [5, 5.41) is 13.2. The Kier molecular flexibility index (Phi) is 8.22. The lowest BCUT2D eigenvalue weighted by atomic mass is 9.94. The van der Waals surface area contributed by atoms with Crippen LogP contribution < -0.4 is 10.1 Å². The van der Waals surface area contributed by atoms with Crippen LogP contribution in [0.25, 0.3) is 0 Å². The molecule has 0 saturated heterocycles. The monoisotopic (exact) mass is 337 g/mol. The minimum atomic E-state index is -0.649. The van der Waals surface area contributed by atoms with Gasteiger partial charge in [0, 0.05) is 12.6 Å². The topological polar surface area (TPSA) is 67.8 Å². The van der Waals surface area contributed by atoms with Gasteiger partial charge in [-0.05, 0) is 30.9 Å². The summed E-state index contributed by atoms with van der Waals surface area (Å²) in [7, 11) is 0. The van der Waals surface area contributed by atoms with Gasteiger partial charge >= 0.3 is 5.97 Å². The van der Waals surface area contributed by atoms with Crippen LogP contribution in [0, 0.1) is 6.92 Å². The molecule has 5 heteroatoms. The van der Waals surface area contributed by atoms with Crippen molar-refractivity contribution in [3.63, 3.8) is 0 Å². The molecule has 1 unspecified atom stereocenters. The molecule has 0 spiro atoms. The average Bonchev–Trinajstić information content (AvgIpc) is 2.51. The van der Waals surface area contributed by atoms with E-state index in [1.165, 1.54) is 0 Å². The molecule has 0 amide bonds. The fraction of sp³-hybridized carbons (Fsp3) is 0.632. The molecule has 0 aliphatic heterocycles. The molecule has 1 rings (SSSR count). The first-order chi connectivity index (χ1) is 11.3. The number of hydrogen-bond donors (Lipinski definition) is 2. The van der Waals surface area contributed by atoms with Gasteiger partial charge in [-0.1, -0.05) is 39.8 Å². The minimum Gasteiger partial charge on any atom is -0.490 e. The van der Waals surface area contributed by atoms with Crippen LogP contribution in [0.5, 0.6) is 5.75 Å². The van der Waals surface area contributed by atoms with Gasteiger partial charge in [-0.15, -0.1) is 0 Å². The Balaban J connectivity index is 3.03. The van der Waals surface area contributed by atoms with Crippen LogP contribution in [0.1, 0.15) is 62.0 Å². The average molecular weight is 337 g/mol. The number of nitrogens with one attached hydrogen (secondary N) is 1. The first-order valence-corrected chi connectivity index (χ1v) is 8.62. The van der Waals surface area contributed by atoms with Crippen LogP contribution in [-0.2, 0) is 4.74 Å². The van der Waals surface area contributed by atoms with Crippen molar-refractivity contribution in [3.8, 4) is 5.75 Å². The SMILES string of the molecule is CCOC(=O)c1c(C(C)C)ccc(C)c1OCC(O)CNC(C)C. The molecule has 1 aromatic carbocycles. The van der Waals surface area contributed by atoms with Crippen LogP contribution in [0.3, 0.4) is 0 Å². The predicted octanol–water partition coefficient (Wildman–Crippen LogP) is 3.03. The second-order valence-electron chi connectivity index (χ2n) is 6.58. The molecule has 0 heterocycles. The molecule has 0 saturated carbocycles. The van der Waals surface area contributed by atoms with Crippen molar-refractivity contribution in [2.45, 2.75) is 59.6 Å². The Morgan fingerprint density at radius 1 is 1.25 bits per heavy atom. The lowest BCUT2D eigenvalue weighted by Crippen LogP contribution is -2.35. The summed E-state index contributed by atoms with van der Waals surface area (Å²) in [4.78, 5) is 12.4. The van der Waals surface area contributed by atoms with Crippen LogP contribution >= 0.6 is 0 Å². The Morgan fingerprint density at radius 3 is 2.46 bits per heavy atom. The number of aliphatic hydroxyl groups excluding tert-OH is 1. The highest BCUT2D eigenvalue weighted by Gasteiger charge is 2.23. The smallest absolute Gasteiger partial charge is 0.342 e. The van der Waals surface area contributed by atoms with E-state index < -0.39 is 6.10 Å². The first-order valence-electron chi connectivity index (χ1n) is 8.62. The standard InChI is InChI=1S/C19H31NO4/c1-7-23-19(22)17-16(12(2)3)9-8-14(6)18(17)24-11-15(21)10-20-13(4)5/h8-9,12-13,15,20-21H,7,10-11H2,1-6H3. The number of esters is 1. The van der Waals surface area contributed by atoms with Gasteiger partial charge in [0.15, 0.2) is 0 Å². The van der Waals surface area contributed by atoms with Gasteiger partial charge in [0.2, 0.25) is 0 Å². The van der Waals surface area contributed by atoms with Crippen molar-refractivity contribution < 1.29 is 19.4 Å². The third-order valence-electron chi connectivity index (χ3n) is 3.67. The van der Waals surface area contributed by atoms with Gasteiger partial charge < -0.3 is 19.9 Å². The number of ether oxygens (including phenoxy) is 2. The third kappa shape index (κ3) is 5.80. The Bertz CT molecular complexity index is 540. The number of aryl methyl sites for hydroxylation is 1. The number of carbonyl (C=O) groups excluding carboxylic acids is 1. The lowest BCUT2D eigenvalue weighted by Gasteiger charge is -2.20. The molecule has 0 bridgehead atoms. The highest BCUT2D eigenvalue weighted by Crippen LogP contribution is 2.32. The van der Waals surface area contributed by atoms with Gasteiger partial charge in [-0.25, -0.2) is 4.79 Å². The van der Waals surface area contributed by atoms with E-state index in [0.29, 0.717) is 30.5 Å². The van der Waals surface area contributed by atoms with Crippen LogP contribution in [0.2, 0.25) is 0 Å². The van der Waals surface area contributed by atoms with Crippen molar-refractivity contribution in [1.82, 2.24) is 5.32 Å². The van der Waals surface area contributed by atoms with Crippen molar-refractivity contribution in [2.75, 3.05) is 19.8 Å². The highest BCUT2D eigenvalue weighted by molar-refractivity contribution is 5.95. The Hall–Kier alpha value is -1.59. The van der Waals surface area contributed by atoms with E-state index >= 15 is 0 Å². The molecule has 0 aromatic heterocycles. The number of hydrogen-bond acceptors (Lipinski definition) is 5. The molecule has 0 aliphatic rings. The maximum Gasteiger partial charge on any atom is 0.342 e. The second kappa shape index (κ2) is 9.64. The van der Waals surface area contributed by atoms with Gasteiger partial charge in [0.05, 0.1) is 6.61 Å². The van der Waals surface area contributed by atoms with Crippen LogP contribution in [-0.4, -0.2) is 43.0 Å². The van der Waals surface area contributed by atoms with Gasteiger partial charge in [0.1, 0.15) is 24.0 Å². The predicted molar refractivity (Wildman–Crippen MR) is 95.9 cm³/mol. The zero-order chi connectivity index (χ0) is 18.3.